The molecule has 3 N–H and O–H groups in total. The molecule has 0 fully saturated rings. The van der Waals surface area contributed by atoms with Gasteiger partial charge in [0.25, 0.3) is 0 Å². The Morgan fingerprint density at radius 1 is 1.00 bits per heavy atom. The maximum atomic E-state index is 11.5. The third-order valence-corrected chi connectivity index (χ3v) is 6.58. The lowest BCUT2D eigenvalue weighted by Crippen LogP contribution is -2.31. The van der Waals surface area contributed by atoms with Crippen molar-refractivity contribution in [2.75, 3.05) is 0 Å². The van der Waals surface area contributed by atoms with Gasteiger partial charge in [-0.3, -0.25) is 0 Å². The highest BCUT2D eigenvalue weighted by atomic mass is 16.4. The van der Waals surface area contributed by atoms with Crippen LogP contribution in [-0.4, -0.2) is 21.3 Å². The summed E-state index contributed by atoms with van der Waals surface area (Å²) in [4.78, 5) is 11.2. The van der Waals surface area contributed by atoms with E-state index < -0.39 is 17.5 Å². The quantitative estimate of drug-likeness (QED) is 0.603. The number of hydrogen-bond donors (Lipinski definition) is 3. The molecule has 0 aliphatic heterocycles. The van der Waals surface area contributed by atoms with Gasteiger partial charge in [0, 0.05) is 5.41 Å². The first-order chi connectivity index (χ1) is 14.5. The van der Waals surface area contributed by atoms with E-state index in [4.69, 9.17) is 0 Å². The standard InChI is InChI=1S/C26H22O4/c27-22-10-9-18-11-21(12-20(18)13-22)26(14-16-5-7-17(8-6-16)25(29)30)15-19-3-1-2-4-23(19)24(26)28/h1-10,12-13,24,27-28H,11,14-15H2,(H,29,30)/t24-,26+/m1/s1. The lowest BCUT2D eigenvalue weighted by Gasteiger charge is -2.35. The lowest BCUT2D eigenvalue weighted by atomic mass is 9.70. The molecule has 2 atom stereocenters. The molecule has 0 saturated heterocycles. The maximum absolute atomic E-state index is 11.5. The van der Waals surface area contributed by atoms with E-state index in [1.54, 1.807) is 24.3 Å². The van der Waals surface area contributed by atoms with E-state index in [0.717, 1.165) is 46.2 Å². The van der Waals surface area contributed by atoms with Crippen LogP contribution in [0.2, 0.25) is 0 Å². The zero-order valence-corrected chi connectivity index (χ0v) is 16.4. The number of hydrogen-bond acceptors (Lipinski definition) is 3. The van der Waals surface area contributed by atoms with Crippen molar-refractivity contribution >= 4 is 12.0 Å². The minimum absolute atomic E-state index is 0.236. The average molecular weight is 398 g/mol. The van der Waals surface area contributed by atoms with Gasteiger partial charge in [0.15, 0.2) is 0 Å². The first kappa shape index (κ1) is 18.6. The predicted octanol–water partition coefficient (Wildman–Crippen LogP) is 4.55. The van der Waals surface area contributed by atoms with Crippen molar-refractivity contribution in [2.24, 2.45) is 5.41 Å². The summed E-state index contributed by atoms with van der Waals surface area (Å²) in [7, 11) is 0. The Balaban J connectivity index is 1.58. The summed E-state index contributed by atoms with van der Waals surface area (Å²) in [5, 5.41) is 30.6. The highest BCUT2D eigenvalue weighted by Gasteiger charge is 2.48. The molecule has 0 aromatic heterocycles. The first-order valence-corrected chi connectivity index (χ1v) is 10.1. The number of aliphatic hydroxyl groups is 1. The molecule has 0 radical (unpaired) electrons. The monoisotopic (exact) mass is 398 g/mol. The van der Waals surface area contributed by atoms with Crippen molar-refractivity contribution in [3.63, 3.8) is 0 Å². The van der Waals surface area contributed by atoms with Gasteiger partial charge in [-0.25, -0.2) is 4.79 Å². The van der Waals surface area contributed by atoms with Crippen molar-refractivity contribution in [3.8, 4) is 5.75 Å². The second-order valence-corrected chi connectivity index (χ2v) is 8.34. The fourth-order valence-electron chi connectivity index (χ4n) is 5.03. The number of carbonyl (C=O) groups is 1. The zero-order chi connectivity index (χ0) is 20.9. The van der Waals surface area contributed by atoms with Gasteiger partial charge in [-0.15, -0.1) is 0 Å². The molecule has 3 aromatic carbocycles. The van der Waals surface area contributed by atoms with Crippen LogP contribution in [0.15, 0.2) is 72.3 Å². The largest absolute Gasteiger partial charge is 0.508 e. The van der Waals surface area contributed by atoms with Crippen molar-refractivity contribution in [1.29, 1.82) is 0 Å². The first-order valence-electron chi connectivity index (χ1n) is 10.1. The van der Waals surface area contributed by atoms with Gasteiger partial charge in [0.1, 0.15) is 5.75 Å². The Morgan fingerprint density at radius 2 is 1.77 bits per heavy atom. The molecule has 0 spiro atoms. The molecule has 0 saturated carbocycles. The summed E-state index contributed by atoms with van der Waals surface area (Å²) in [6, 6.07) is 20.4. The minimum Gasteiger partial charge on any atom is -0.508 e. The van der Waals surface area contributed by atoms with E-state index in [-0.39, 0.29) is 11.3 Å². The van der Waals surface area contributed by atoms with Crippen LogP contribution in [0.4, 0.5) is 0 Å². The van der Waals surface area contributed by atoms with E-state index in [0.29, 0.717) is 6.42 Å². The predicted molar refractivity (Wildman–Crippen MR) is 114 cm³/mol. The van der Waals surface area contributed by atoms with Crippen LogP contribution in [0.25, 0.3) is 6.08 Å². The topological polar surface area (TPSA) is 77.8 Å². The molecule has 3 aromatic rings. The molecule has 0 bridgehead atoms. The number of aliphatic hydroxyl groups excluding tert-OH is 1. The van der Waals surface area contributed by atoms with Crippen molar-refractivity contribution in [2.45, 2.75) is 25.4 Å². The van der Waals surface area contributed by atoms with E-state index in [2.05, 4.69) is 12.1 Å². The smallest absolute Gasteiger partial charge is 0.335 e. The summed E-state index contributed by atoms with van der Waals surface area (Å²) in [6.45, 7) is 0. The molecular weight excluding hydrogens is 376 g/mol. The summed E-state index contributed by atoms with van der Waals surface area (Å²) in [5.41, 5.74) is 6.13. The molecule has 2 aliphatic rings. The van der Waals surface area contributed by atoms with Gasteiger partial charge in [0.05, 0.1) is 11.7 Å². The Hall–Kier alpha value is -3.37. The molecule has 4 heteroatoms. The van der Waals surface area contributed by atoms with Gasteiger partial charge >= 0.3 is 5.97 Å². The highest BCUT2D eigenvalue weighted by molar-refractivity contribution is 5.87. The van der Waals surface area contributed by atoms with Crippen molar-refractivity contribution < 1.29 is 20.1 Å². The molecule has 2 aliphatic carbocycles. The third kappa shape index (κ3) is 2.92. The SMILES string of the molecule is O=C(O)c1ccc(C[C@@]2(C3=Cc4cc(O)ccc4C3)Cc3ccccc3[C@H]2O)cc1. The lowest BCUT2D eigenvalue weighted by molar-refractivity contribution is 0.0649. The van der Waals surface area contributed by atoms with Crippen LogP contribution >= 0.6 is 0 Å². The van der Waals surface area contributed by atoms with Gasteiger partial charge in [0.2, 0.25) is 0 Å². The minimum atomic E-state index is -0.946. The second-order valence-electron chi connectivity index (χ2n) is 8.34. The van der Waals surface area contributed by atoms with E-state index in [9.17, 15) is 20.1 Å². The van der Waals surface area contributed by atoms with Crippen LogP contribution < -0.4 is 0 Å². The number of phenolic OH excluding ortho intramolecular Hbond substituents is 1. The third-order valence-electron chi connectivity index (χ3n) is 6.58. The molecule has 150 valence electrons. The van der Waals surface area contributed by atoms with Crippen LogP contribution in [-0.2, 0) is 19.3 Å². The molecule has 5 rings (SSSR count). The van der Waals surface area contributed by atoms with Crippen LogP contribution in [0, 0.1) is 5.41 Å². The molecule has 4 nitrogen and oxygen atoms in total. The molecule has 0 amide bonds. The number of carboxylic acids is 1. The number of aromatic hydroxyl groups is 1. The van der Waals surface area contributed by atoms with Crippen LogP contribution in [0.3, 0.4) is 0 Å². The summed E-state index contributed by atoms with van der Waals surface area (Å²) < 4.78 is 0. The Labute approximate surface area is 174 Å². The summed E-state index contributed by atoms with van der Waals surface area (Å²) in [5.74, 6) is -0.710. The number of carboxylic acid groups (broad SMARTS) is 1. The Kier molecular flexibility index (Phi) is 4.26. The van der Waals surface area contributed by atoms with Crippen molar-refractivity contribution in [3.05, 3.63) is 106 Å². The molecular formula is C26H22O4. The van der Waals surface area contributed by atoms with E-state index in [1.807, 2.05) is 36.4 Å². The van der Waals surface area contributed by atoms with Gasteiger partial charge in [-0.1, -0.05) is 54.1 Å². The van der Waals surface area contributed by atoms with E-state index in [1.165, 1.54) is 0 Å². The number of aromatic carboxylic acids is 1. The number of fused-ring (bicyclic) bond motifs is 2. The summed E-state index contributed by atoms with van der Waals surface area (Å²) >= 11 is 0. The fourth-order valence-corrected chi connectivity index (χ4v) is 5.03. The normalized spacial score (nSPS) is 21.8. The van der Waals surface area contributed by atoms with Crippen molar-refractivity contribution in [1.82, 2.24) is 0 Å². The maximum Gasteiger partial charge on any atom is 0.335 e. The van der Waals surface area contributed by atoms with Crippen LogP contribution in [0.5, 0.6) is 5.75 Å². The van der Waals surface area contributed by atoms with Gasteiger partial charge in [-0.2, -0.15) is 0 Å². The number of phenols is 1. The second kappa shape index (κ2) is 6.85. The number of benzene rings is 3. The molecule has 0 unspecified atom stereocenters. The van der Waals surface area contributed by atoms with E-state index >= 15 is 0 Å². The Bertz CT molecular complexity index is 1180. The Morgan fingerprint density at radius 3 is 2.50 bits per heavy atom. The highest BCUT2D eigenvalue weighted by Crippen LogP contribution is 2.55. The fraction of sp³-hybridized carbons (Fsp3) is 0.192. The molecule has 30 heavy (non-hydrogen) atoms. The number of rotatable bonds is 4. The van der Waals surface area contributed by atoms with Gasteiger partial charge < -0.3 is 15.3 Å². The molecule has 0 heterocycles. The van der Waals surface area contributed by atoms with Gasteiger partial charge in [-0.05, 0) is 71.3 Å². The average Bonchev–Trinajstić information content (AvgIpc) is 3.28. The zero-order valence-electron chi connectivity index (χ0n) is 16.4. The summed E-state index contributed by atoms with van der Waals surface area (Å²) in [6.07, 6.45) is 3.51. The van der Waals surface area contributed by atoms with Crippen LogP contribution in [0.1, 0.15) is 44.3 Å².